The quantitative estimate of drug-likeness (QED) is 0.686. The number of amides is 2. The number of methoxy groups -OCH3 is 1. The summed E-state index contributed by atoms with van der Waals surface area (Å²) in [5, 5.41) is 10.7. The van der Waals surface area contributed by atoms with E-state index in [0.29, 0.717) is 13.2 Å². The normalized spacial score (nSPS) is 26.6. The number of aliphatic hydroxyl groups excluding tert-OH is 1. The number of rotatable bonds is 6. The zero-order valence-electron chi connectivity index (χ0n) is 10.4. The Balaban J connectivity index is 2.20. The average molecular weight is 254 g/mol. The Morgan fingerprint density at radius 1 is 1.67 bits per heavy atom. The van der Waals surface area contributed by atoms with Crippen LogP contribution in [0.15, 0.2) is 24.3 Å². The van der Waals surface area contributed by atoms with Crippen molar-refractivity contribution in [3.05, 3.63) is 24.3 Å². The molecular formula is C12H18N2O4. The molecule has 0 aromatic rings. The zero-order valence-corrected chi connectivity index (χ0v) is 10.4. The van der Waals surface area contributed by atoms with E-state index in [4.69, 9.17) is 9.57 Å². The molecule has 100 valence electrons. The number of urea groups is 1. The van der Waals surface area contributed by atoms with Crippen LogP contribution in [0.1, 0.15) is 0 Å². The van der Waals surface area contributed by atoms with Gasteiger partial charge in [0, 0.05) is 7.11 Å². The number of ether oxygens (including phenoxy) is 1. The van der Waals surface area contributed by atoms with Crippen LogP contribution in [0.3, 0.4) is 0 Å². The summed E-state index contributed by atoms with van der Waals surface area (Å²) in [6.07, 6.45) is 3.47. The molecule has 2 rings (SSSR count). The fraction of sp³-hybridized carbons (Fsp3) is 0.583. The first-order valence-electron chi connectivity index (χ1n) is 5.87. The molecule has 1 N–H and O–H groups in total. The monoisotopic (exact) mass is 254 g/mol. The predicted molar refractivity (Wildman–Crippen MR) is 64.7 cm³/mol. The van der Waals surface area contributed by atoms with E-state index in [-0.39, 0.29) is 31.3 Å². The third kappa shape index (κ3) is 2.14. The topological polar surface area (TPSA) is 62.2 Å². The highest BCUT2D eigenvalue weighted by Gasteiger charge is 2.46. The van der Waals surface area contributed by atoms with Crippen molar-refractivity contribution < 1.29 is 19.5 Å². The summed E-state index contributed by atoms with van der Waals surface area (Å²) in [4.78, 5) is 19.1. The fourth-order valence-corrected chi connectivity index (χ4v) is 2.33. The molecule has 0 saturated carbocycles. The van der Waals surface area contributed by atoms with E-state index >= 15 is 0 Å². The largest absolute Gasteiger partial charge is 0.394 e. The molecule has 1 saturated heterocycles. The second kappa shape index (κ2) is 5.51. The van der Waals surface area contributed by atoms with Crippen molar-refractivity contribution in [1.82, 2.24) is 9.96 Å². The van der Waals surface area contributed by atoms with Gasteiger partial charge in [-0.1, -0.05) is 12.2 Å². The molecule has 2 unspecified atom stereocenters. The predicted octanol–water partition coefficient (Wildman–Crippen LogP) is 0.158. The van der Waals surface area contributed by atoms with Gasteiger partial charge in [0.05, 0.1) is 32.4 Å². The SMILES string of the molecule is C=CCON1C(=O)N2CC1C(COC)=CC2CO. The molecule has 2 aliphatic rings. The van der Waals surface area contributed by atoms with Crippen LogP contribution in [-0.4, -0.2) is 66.7 Å². The minimum atomic E-state index is -0.295. The van der Waals surface area contributed by atoms with Crippen molar-refractivity contribution in [3.8, 4) is 0 Å². The van der Waals surface area contributed by atoms with Crippen LogP contribution in [0, 0.1) is 0 Å². The van der Waals surface area contributed by atoms with E-state index in [0.717, 1.165) is 5.57 Å². The lowest BCUT2D eigenvalue weighted by molar-refractivity contribution is -0.111. The standard InChI is InChI=1S/C12H18N2O4/c1-3-4-18-14-11-6-13(12(14)16)10(7-15)5-9(11)8-17-2/h3,5,10-11,15H,1,4,6-8H2,2H3. The number of hydrogen-bond acceptors (Lipinski definition) is 4. The Morgan fingerprint density at radius 2 is 2.44 bits per heavy atom. The van der Waals surface area contributed by atoms with Crippen molar-refractivity contribution in [1.29, 1.82) is 0 Å². The molecule has 0 aliphatic carbocycles. The van der Waals surface area contributed by atoms with Crippen molar-refractivity contribution in [2.24, 2.45) is 0 Å². The Kier molecular flexibility index (Phi) is 4.00. The van der Waals surface area contributed by atoms with E-state index in [1.165, 1.54) is 5.06 Å². The molecule has 2 amide bonds. The second-order valence-corrected chi connectivity index (χ2v) is 4.29. The highest BCUT2D eigenvalue weighted by atomic mass is 16.7. The van der Waals surface area contributed by atoms with Crippen LogP contribution in [0.5, 0.6) is 0 Å². The van der Waals surface area contributed by atoms with Crippen molar-refractivity contribution in [2.75, 3.05) is 33.5 Å². The van der Waals surface area contributed by atoms with E-state index in [2.05, 4.69) is 6.58 Å². The molecule has 2 atom stereocenters. The molecule has 18 heavy (non-hydrogen) atoms. The zero-order chi connectivity index (χ0) is 13.1. The van der Waals surface area contributed by atoms with Gasteiger partial charge >= 0.3 is 6.03 Å². The van der Waals surface area contributed by atoms with Gasteiger partial charge in [-0.15, -0.1) is 6.58 Å². The van der Waals surface area contributed by atoms with E-state index in [1.54, 1.807) is 18.1 Å². The fourth-order valence-electron chi connectivity index (χ4n) is 2.33. The number of aliphatic hydroxyl groups is 1. The Morgan fingerprint density at radius 3 is 3.06 bits per heavy atom. The average Bonchev–Trinajstić information content (AvgIpc) is 2.65. The number of nitrogens with zero attached hydrogens (tertiary/aromatic N) is 2. The lowest BCUT2D eigenvalue weighted by Crippen LogP contribution is -2.41. The molecule has 1 fully saturated rings. The third-order valence-electron chi connectivity index (χ3n) is 3.15. The molecule has 6 nitrogen and oxygen atoms in total. The lowest BCUT2D eigenvalue weighted by atomic mass is 10.0. The minimum Gasteiger partial charge on any atom is -0.394 e. The van der Waals surface area contributed by atoms with Gasteiger partial charge in [0.2, 0.25) is 0 Å². The maximum Gasteiger partial charge on any atom is 0.345 e. The summed E-state index contributed by atoms with van der Waals surface area (Å²) >= 11 is 0. The Bertz CT molecular complexity index is 369. The molecular weight excluding hydrogens is 236 g/mol. The van der Waals surface area contributed by atoms with Crippen LogP contribution in [0.4, 0.5) is 4.79 Å². The lowest BCUT2D eigenvalue weighted by Gasteiger charge is -2.28. The number of carbonyl (C=O) groups excluding carboxylic acids is 1. The van der Waals surface area contributed by atoms with Crippen LogP contribution in [0.25, 0.3) is 0 Å². The number of hydrogen-bond donors (Lipinski definition) is 1. The summed E-state index contributed by atoms with van der Waals surface area (Å²) in [5.41, 5.74) is 0.961. The van der Waals surface area contributed by atoms with Crippen LogP contribution in [0.2, 0.25) is 0 Å². The molecule has 0 aromatic carbocycles. The van der Waals surface area contributed by atoms with Gasteiger partial charge in [0.15, 0.2) is 0 Å². The minimum absolute atomic E-state index is 0.0963. The highest BCUT2D eigenvalue weighted by Crippen LogP contribution is 2.30. The summed E-state index contributed by atoms with van der Waals surface area (Å²) in [7, 11) is 1.60. The number of hydroxylamine groups is 2. The van der Waals surface area contributed by atoms with Gasteiger partial charge in [-0.25, -0.2) is 4.79 Å². The maximum absolute atomic E-state index is 12.1. The summed E-state index contributed by atoms with van der Waals surface area (Å²) < 4.78 is 5.13. The summed E-state index contributed by atoms with van der Waals surface area (Å²) in [5.74, 6) is 0. The third-order valence-corrected chi connectivity index (χ3v) is 3.15. The second-order valence-electron chi connectivity index (χ2n) is 4.29. The van der Waals surface area contributed by atoms with Crippen molar-refractivity contribution in [3.63, 3.8) is 0 Å². The molecule has 2 heterocycles. The molecule has 2 bridgehead atoms. The van der Waals surface area contributed by atoms with Gasteiger partial charge in [0.25, 0.3) is 0 Å². The first kappa shape index (κ1) is 13.1. The molecule has 6 heteroatoms. The van der Waals surface area contributed by atoms with E-state index < -0.39 is 0 Å². The summed E-state index contributed by atoms with van der Waals surface area (Å²) in [6, 6.07) is -0.653. The van der Waals surface area contributed by atoms with Gasteiger partial charge in [-0.2, -0.15) is 5.06 Å². The van der Waals surface area contributed by atoms with Crippen LogP contribution < -0.4 is 0 Å². The molecule has 0 aromatic heterocycles. The smallest absolute Gasteiger partial charge is 0.345 e. The maximum atomic E-state index is 12.1. The summed E-state index contributed by atoms with van der Waals surface area (Å²) in [6.45, 7) is 4.70. The van der Waals surface area contributed by atoms with Gasteiger partial charge < -0.3 is 14.7 Å². The van der Waals surface area contributed by atoms with Crippen LogP contribution >= 0.6 is 0 Å². The Labute approximate surface area is 106 Å². The van der Waals surface area contributed by atoms with Gasteiger partial charge in [0.1, 0.15) is 6.04 Å². The molecule has 2 aliphatic heterocycles. The van der Waals surface area contributed by atoms with Gasteiger partial charge in [-0.3, -0.25) is 4.84 Å². The van der Waals surface area contributed by atoms with E-state index in [9.17, 15) is 9.90 Å². The molecule has 0 spiro atoms. The first-order chi connectivity index (χ1) is 8.72. The van der Waals surface area contributed by atoms with E-state index in [1.807, 2.05) is 6.08 Å². The Hall–Kier alpha value is -1.37. The number of carbonyl (C=O) groups is 1. The van der Waals surface area contributed by atoms with Gasteiger partial charge in [-0.05, 0) is 5.57 Å². The highest BCUT2D eigenvalue weighted by molar-refractivity contribution is 5.78. The molecule has 0 radical (unpaired) electrons. The van der Waals surface area contributed by atoms with Crippen molar-refractivity contribution in [2.45, 2.75) is 12.1 Å². The van der Waals surface area contributed by atoms with Crippen LogP contribution in [-0.2, 0) is 9.57 Å². The van der Waals surface area contributed by atoms with Crippen molar-refractivity contribution >= 4 is 6.03 Å². The first-order valence-corrected chi connectivity index (χ1v) is 5.87. The number of fused-ring (bicyclic) bond motifs is 2.